The molecule has 0 unspecified atom stereocenters. The van der Waals surface area contributed by atoms with Gasteiger partial charge in [0, 0.05) is 11.4 Å². The molecule has 2 aromatic heterocycles. The fourth-order valence-corrected chi connectivity index (χ4v) is 1.78. The van der Waals surface area contributed by atoms with Gasteiger partial charge in [-0.2, -0.15) is 0 Å². The number of hydrogen-bond donors (Lipinski definition) is 2. The van der Waals surface area contributed by atoms with E-state index in [0.717, 1.165) is 11.4 Å². The molecule has 4 nitrogen and oxygen atoms in total. The number of rotatable bonds is 3. The van der Waals surface area contributed by atoms with Crippen LogP contribution in [0.25, 0.3) is 0 Å². The second-order valence-electron chi connectivity index (χ2n) is 4.30. The molecule has 94 valence electrons. The molecular formula is C14H16N2O2. The van der Waals surface area contributed by atoms with E-state index < -0.39 is 12.2 Å². The Labute approximate surface area is 106 Å². The molecule has 0 saturated heterocycles. The number of hydrogen-bond acceptors (Lipinski definition) is 4. The van der Waals surface area contributed by atoms with Gasteiger partial charge in [0.25, 0.3) is 0 Å². The zero-order valence-electron chi connectivity index (χ0n) is 10.4. The molecule has 0 aliphatic carbocycles. The highest BCUT2D eigenvalue weighted by Crippen LogP contribution is 2.26. The molecule has 0 saturated carbocycles. The van der Waals surface area contributed by atoms with Crippen LogP contribution >= 0.6 is 0 Å². The van der Waals surface area contributed by atoms with Crippen LogP contribution in [-0.4, -0.2) is 20.2 Å². The van der Waals surface area contributed by atoms with Crippen molar-refractivity contribution in [3.63, 3.8) is 0 Å². The van der Waals surface area contributed by atoms with Crippen LogP contribution < -0.4 is 0 Å². The third-order valence-electron chi connectivity index (χ3n) is 2.72. The summed E-state index contributed by atoms with van der Waals surface area (Å²) in [5, 5.41) is 20.2. The van der Waals surface area contributed by atoms with Crippen molar-refractivity contribution in [3.8, 4) is 0 Å². The number of aromatic nitrogens is 2. The number of pyridine rings is 2. The first-order valence-corrected chi connectivity index (χ1v) is 5.81. The van der Waals surface area contributed by atoms with E-state index in [4.69, 9.17) is 0 Å². The summed E-state index contributed by atoms with van der Waals surface area (Å²) in [5.74, 6) is 0. The normalized spacial score (nSPS) is 14.2. The first kappa shape index (κ1) is 12.7. The van der Waals surface area contributed by atoms with E-state index in [0.29, 0.717) is 11.4 Å². The predicted molar refractivity (Wildman–Crippen MR) is 67.9 cm³/mol. The predicted octanol–water partition coefficient (Wildman–Crippen LogP) is 1.86. The summed E-state index contributed by atoms with van der Waals surface area (Å²) in [6.45, 7) is 3.68. The molecule has 0 aliphatic rings. The third-order valence-corrected chi connectivity index (χ3v) is 2.72. The van der Waals surface area contributed by atoms with Gasteiger partial charge in [-0.3, -0.25) is 9.97 Å². The topological polar surface area (TPSA) is 66.2 Å². The van der Waals surface area contributed by atoms with E-state index in [-0.39, 0.29) is 0 Å². The van der Waals surface area contributed by atoms with Crippen LogP contribution in [0.3, 0.4) is 0 Å². The molecule has 2 aromatic rings. The van der Waals surface area contributed by atoms with Gasteiger partial charge in [-0.25, -0.2) is 0 Å². The molecule has 0 aromatic carbocycles. The molecule has 18 heavy (non-hydrogen) atoms. The zero-order chi connectivity index (χ0) is 13.1. The lowest BCUT2D eigenvalue weighted by Gasteiger charge is -2.17. The van der Waals surface area contributed by atoms with Crippen molar-refractivity contribution >= 4 is 0 Å². The summed E-state index contributed by atoms with van der Waals surface area (Å²) >= 11 is 0. The van der Waals surface area contributed by atoms with E-state index in [1.807, 2.05) is 26.0 Å². The van der Waals surface area contributed by atoms with Crippen LogP contribution in [0.15, 0.2) is 36.4 Å². The fourth-order valence-electron chi connectivity index (χ4n) is 1.78. The van der Waals surface area contributed by atoms with Gasteiger partial charge in [0.15, 0.2) is 0 Å². The van der Waals surface area contributed by atoms with E-state index in [9.17, 15) is 10.2 Å². The Kier molecular flexibility index (Phi) is 3.69. The molecule has 0 radical (unpaired) electrons. The van der Waals surface area contributed by atoms with Gasteiger partial charge in [0.2, 0.25) is 0 Å². The molecule has 2 atom stereocenters. The highest BCUT2D eigenvalue weighted by molar-refractivity contribution is 5.18. The highest BCUT2D eigenvalue weighted by atomic mass is 16.3. The molecule has 2 rings (SSSR count). The van der Waals surface area contributed by atoms with Crippen LogP contribution in [0.2, 0.25) is 0 Å². The lowest BCUT2D eigenvalue weighted by atomic mass is 10.1. The van der Waals surface area contributed by atoms with Gasteiger partial charge in [0.05, 0.1) is 11.4 Å². The Morgan fingerprint density at radius 2 is 1.17 bits per heavy atom. The van der Waals surface area contributed by atoms with Crippen molar-refractivity contribution in [3.05, 3.63) is 59.2 Å². The molecule has 2 heterocycles. The van der Waals surface area contributed by atoms with Crippen molar-refractivity contribution in [2.24, 2.45) is 0 Å². The lowest BCUT2D eigenvalue weighted by Crippen LogP contribution is -2.13. The van der Waals surface area contributed by atoms with Gasteiger partial charge in [-0.15, -0.1) is 0 Å². The highest BCUT2D eigenvalue weighted by Gasteiger charge is 2.22. The van der Waals surface area contributed by atoms with Crippen LogP contribution in [0.4, 0.5) is 0 Å². The summed E-state index contributed by atoms with van der Waals surface area (Å²) in [4.78, 5) is 8.41. The van der Waals surface area contributed by atoms with Gasteiger partial charge in [-0.1, -0.05) is 12.1 Å². The molecule has 2 N–H and O–H groups in total. The Morgan fingerprint density at radius 1 is 0.778 bits per heavy atom. The molecule has 0 spiro atoms. The number of aryl methyl sites for hydroxylation is 2. The average molecular weight is 244 g/mol. The Hall–Kier alpha value is -1.78. The Morgan fingerprint density at radius 3 is 1.50 bits per heavy atom. The lowest BCUT2D eigenvalue weighted by molar-refractivity contribution is 0.0119. The first-order chi connectivity index (χ1) is 8.58. The summed E-state index contributed by atoms with van der Waals surface area (Å²) in [6.07, 6.45) is -2.14. The van der Waals surface area contributed by atoms with Crippen molar-refractivity contribution < 1.29 is 10.2 Å². The number of nitrogens with zero attached hydrogens (tertiary/aromatic N) is 2. The van der Waals surface area contributed by atoms with Crippen LogP contribution in [0, 0.1) is 13.8 Å². The minimum atomic E-state index is -1.07. The monoisotopic (exact) mass is 244 g/mol. The van der Waals surface area contributed by atoms with Gasteiger partial charge in [0.1, 0.15) is 12.2 Å². The van der Waals surface area contributed by atoms with Crippen molar-refractivity contribution in [1.29, 1.82) is 0 Å². The molecule has 0 aliphatic heterocycles. The van der Waals surface area contributed by atoms with Gasteiger partial charge >= 0.3 is 0 Å². The molecule has 4 heteroatoms. The summed E-state index contributed by atoms with van der Waals surface area (Å²) in [5.41, 5.74) is 2.50. The maximum Gasteiger partial charge on any atom is 0.127 e. The van der Waals surface area contributed by atoms with E-state index >= 15 is 0 Å². The SMILES string of the molecule is Cc1cccc([C@@H](O)[C@H](O)c2cccc(C)n2)n1. The second-order valence-corrected chi connectivity index (χ2v) is 4.30. The largest absolute Gasteiger partial charge is 0.384 e. The summed E-state index contributed by atoms with van der Waals surface area (Å²) < 4.78 is 0. The Bertz CT molecular complexity index is 493. The standard InChI is InChI=1S/C14H16N2O2/c1-9-5-3-7-11(15-9)13(17)14(18)12-8-4-6-10(2)16-12/h3-8,13-14,17-18H,1-2H3/t13-,14-/m1/s1. The van der Waals surface area contributed by atoms with Gasteiger partial charge in [-0.05, 0) is 38.1 Å². The molecular weight excluding hydrogens is 228 g/mol. The minimum absolute atomic E-state index is 0.450. The molecule has 0 fully saturated rings. The molecule has 0 amide bonds. The first-order valence-electron chi connectivity index (χ1n) is 5.81. The van der Waals surface area contributed by atoms with Crippen molar-refractivity contribution in [1.82, 2.24) is 9.97 Å². The van der Waals surface area contributed by atoms with Crippen molar-refractivity contribution in [2.45, 2.75) is 26.1 Å². The van der Waals surface area contributed by atoms with Crippen LogP contribution in [-0.2, 0) is 0 Å². The summed E-state index contributed by atoms with van der Waals surface area (Å²) in [6, 6.07) is 10.7. The van der Waals surface area contributed by atoms with E-state index in [1.165, 1.54) is 0 Å². The number of aliphatic hydroxyl groups is 2. The van der Waals surface area contributed by atoms with E-state index in [2.05, 4.69) is 9.97 Å². The van der Waals surface area contributed by atoms with Gasteiger partial charge < -0.3 is 10.2 Å². The average Bonchev–Trinajstić information content (AvgIpc) is 2.37. The number of aliphatic hydroxyl groups excluding tert-OH is 2. The maximum absolute atomic E-state index is 10.1. The third kappa shape index (κ3) is 2.72. The smallest absolute Gasteiger partial charge is 0.127 e. The molecule has 0 bridgehead atoms. The second kappa shape index (κ2) is 5.25. The quantitative estimate of drug-likeness (QED) is 0.865. The van der Waals surface area contributed by atoms with E-state index in [1.54, 1.807) is 24.3 Å². The minimum Gasteiger partial charge on any atom is -0.384 e. The van der Waals surface area contributed by atoms with Crippen LogP contribution in [0.5, 0.6) is 0 Å². The fraction of sp³-hybridized carbons (Fsp3) is 0.286. The zero-order valence-corrected chi connectivity index (χ0v) is 10.4. The van der Waals surface area contributed by atoms with Crippen molar-refractivity contribution in [2.75, 3.05) is 0 Å². The Balaban J connectivity index is 2.26. The maximum atomic E-state index is 10.1. The van der Waals surface area contributed by atoms with Crippen LogP contribution in [0.1, 0.15) is 35.0 Å². The summed E-state index contributed by atoms with van der Waals surface area (Å²) in [7, 11) is 0.